The Labute approximate surface area is 174 Å². The molecule has 3 rings (SSSR count). The van der Waals surface area contributed by atoms with Gasteiger partial charge in [-0.05, 0) is 54.0 Å². The highest BCUT2D eigenvalue weighted by atomic mass is 19.1. The van der Waals surface area contributed by atoms with E-state index in [0.717, 1.165) is 10.5 Å². The zero-order chi connectivity index (χ0) is 22.0. The fourth-order valence-electron chi connectivity index (χ4n) is 3.20. The zero-order valence-electron chi connectivity index (χ0n) is 16.5. The molecule has 0 fully saturated rings. The highest BCUT2D eigenvalue weighted by molar-refractivity contribution is 6.22. The maximum absolute atomic E-state index is 13.0. The third-order valence-corrected chi connectivity index (χ3v) is 4.67. The lowest BCUT2D eigenvalue weighted by atomic mass is 9.97. The molecular weight excluding hydrogens is 387 g/mol. The van der Waals surface area contributed by atoms with Crippen LogP contribution in [0, 0.1) is 12.7 Å². The van der Waals surface area contributed by atoms with Gasteiger partial charge in [0.1, 0.15) is 11.6 Å². The fourth-order valence-corrected chi connectivity index (χ4v) is 3.20. The Bertz CT molecular complexity index is 1110. The minimum Gasteiger partial charge on any atom is -0.398 e. The van der Waals surface area contributed by atoms with Crippen LogP contribution < -0.4 is 16.8 Å². The number of imide groups is 1. The van der Waals surface area contributed by atoms with Crippen molar-refractivity contribution in [2.45, 2.75) is 13.3 Å². The number of nitrogens with zero attached hydrogens (tertiary/aromatic N) is 1. The van der Waals surface area contributed by atoms with E-state index in [4.69, 9.17) is 11.5 Å². The van der Waals surface area contributed by atoms with E-state index in [1.54, 1.807) is 19.1 Å². The molecule has 0 bridgehead atoms. The molecule has 30 heavy (non-hydrogen) atoms. The number of nitrogens with one attached hydrogen (secondary N) is 1. The number of hydrogen-bond acceptors (Lipinski definition) is 5. The average molecular weight is 410 g/mol. The van der Waals surface area contributed by atoms with Crippen molar-refractivity contribution in [3.8, 4) is 0 Å². The Morgan fingerprint density at radius 1 is 1.13 bits per heavy atom. The Kier molecular flexibility index (Phi) is 5.68. The van der Waals surface area contributed by atoms with Gasteiger partial charge in [0, 0.05) is 14.2 Å². The van der Waals surface area contributed by atoms with Gasteiger partial charge in [-0.2, -0.15) is 0 Å². The van der Waals surface area contributed by atoms with Crippen molar-refractivity contribution in [3.05, 3.63) is 88.0 Å². The average Bonchev–Trinajstić information content (AvgIpc) is 2.90. The third-order valence-electron chi connectivity index (χ3n) is 4.67. The predicted octanol–water partition coefficient (Wildman–Crippen LogP) is 2.06. The molecule has 0 radical (unpaired) electrons. The molecule has 3 amide bonds. The van der Waals surface area contributed by atoms with Crippen molar-refractivity contribution >= 4 is 23.4 Å². The number of allylic oxidation sites excluding steroid dienone is 2. The van der Waals surface area contributed by atoms with Crippen molar-refractivity contribution in [1.82, 2.24) is 10.2 Å². The monoisotopic (exact) mass is 410 g/mol. The van der Waals surface area contributed by atoms with Crippen LogP contribution in [0.1, 0.15) is 38.8 Å². The fraction of sp³-hybridized carbons (Fsp3) is 0.136. The van der Waals surface area contributed by atoms with Gasteiger partial charge >= 0.3 is 0 Å². The first-order chi connectivity index (χ1) is 14.2. The summed E-state index contributed by atoms with van der Waals surface area (Å²) >= 11 is 0. The van der Waals surface area contributed by atoms with E-state index in [9.17, 15) is 18.8 Å². The first-order valence-electron chi connectivity index (χ1n) is 9.12. The molecule has 156 valence electrons. The number of halogens is 1. The second-order valence-electron chi connectivity index (χ2n) is 6.99. The van der Waals surface area contributed by atoms with Crippen LogP contribution in [0.2, 0.25) is 0 Å². The van der Waals surface area contributed by atoms with Crippen LogP contribution >= 0.6 is 0 Å². The number of benzene rings is 2. The first-order valence-corrected chi connectivity index (χ1v) is 9.12. The molecule has 7 nitrogen and oxygen atoms in total. The molecule has 0 aliphatic carbocycles. The summed E-state index contributed by atoms with van der Waals surface area (Å²) in [6, 6.07) is 8.96. The Morgan fingerprint density at radius 3 is 2.47 bits per heavy atom. The summed E-state index contributed by atoms with van der Waals surface area (Å²) in [5, 5.41) is 2.52. The summed E-state index contributed by atoms with van der Waals surface area (Å²) in [6.07, 6.45) is 2.78. The van der Waals surface area contributed by atoms with Crippen molar-refractivity contribution in [2.24, 2.45) is 11.5 Å². The summed E-state index contributed by atoms with van der Waals surface area (Å²) in [4.78, 5) is 38.0. The van der Waals surface area contributed by atoms with Crippen LogP contribution in [0.4, 0.5) is 4.39 Å². The number of nitrogens with two attached hydrogens (primary N) is 2. The van der Waals surface area contributed by atoms with E-state index in [2.05, 4.69) is 5.32 Å². The van der Waals surface area contributed by atoms with Crippen LogP contribution in [0.25, 0.3) is 5.70 Å². The quantitative estimate of drug-likeness (QED) is 0.515. The summed E-state index contributed by atoms with van der Waals surface area (Å²) in [7, 11) is 1.41. The van der Waals surface area contributed by atoms with Gasteiger partial charge in [0.2, 0.25) is 5.91 Å². The number of amides is 3. The van der Waals surface area contributed by atoms with E-state index < -0.39 is 11.8 Å². The number of rotatable bonds is 5. The van der Waals surface area contributed by atoms with E-state index >= 15 is 0 Å². The second-order valence-corrected chi connectivity index (χ2v) is 6.99. The van der Waals surface area contributed by atoms with Gasteiger partial charge in [-0.3, -0.25) is 19.3 Å². The number of hydrogen-bond donors (Lipinski definition) is 3. The Morgan fingerprint density at radius 2 is 1.80 bits per heavy atom. The molecular formula is C22H23FN4O3. The maximum Gasteiger partial charge on any atom is 0.261 e. The van der Waals surface area contributed by atoms with Crippen LogP contribution in [0.15, 0.2) is 54.4 Å². The number of fused-ring (bicyclic) bond motifs is 1. The number of aryl methyl sites for hydroxylation is 1. The molecule has 0 aromatic heterocycles. The molecule has 5 N–H and O–H groups in total. The predicted molar refractivity (Wildman–Crippen MR) is 112 cm³/mol. The van der Waals surface area contributed by atoms with Gasteiger partial charge in [-0.25, -0.2) is 4.39 Å². The third kappa shape index (κ3) is 4.22. The number of carbonyl (C=O) groups excluding carboxylic acids is 3. The lowest BCUT2D eigenvalue weighted by Crippen LogP contribution is -2.29. The van der Waals surface area contributed by atoms with Gasteiger partial charge in [0.15, 0.2) is 0 Å². The molecule has 2 aromatic carbocycles. The van der Waals surface area contributed by atoms with Gasteiger partial charge < -0.3 is 16.8 Å². The minimum atomic E-state index is -0.444. The van der Waals surface area contributed by atoms with Crippen LogP contribution in [-0.2, 0) is 11.2 Å². The van der Waals surface area contributed by atoms with E-state index in [0.29, 0.717) is 22.4 Å². The topological polar surface area (TPSA) is 119 Å². The molecule has 0 saturated carbocycles. The largest absolute Gasteiger partial charge is 0.398 e. The lowest BCUT2D eigenvalue weighted by molar-refractivity contribution is -0.119. The summed E-state index contributed by atoms with van der Waals surface area (Å²) in [5.41, 5.74) is 14.5. The molecule has 8 heteroatoms. The van der Waals surface area contributed by atoms with Crippen LogP contribution in [0.3, 0.4) is 0 Å². The van der Waals surface area contributed by atoms with E-state index in [1.165, 1.54) is 43.5 Å². The standard InChI is InChI=1S/C22H21FN4O3.H2/c1-12-9-14(20-16(10-12)21(29)27(2)22(20)30)11-19(28)26-18(25)8-7-17(24)13-3-5-15(23)6-4-13;/h3-10H,11,24-25H2,1-2H3,(H,26,28);1H/b17-7-,18-8+;. The zero-order valence-corrected chi connectivity index (χ0v) is 16.5. The summed E-state index contributed by atoms with van der Waals surface area (Å²) < 4.78 is 13.0. The minimum absolute atomic E-state index is 0. The van der Waals surface area contributed by atoms with Crippen molar-refractivity contribution in [1.29, 1.82) is 0 Å². The van der Waals surface area contributed by atoms with E-state index in [-0.39, 0.29) is 31.0 Å². The van der Waals surface area contributed by atoms with Crippen molar-refractivity contribution < 1.29 is 20.2 Å². The molecule has 2 aromatic rings. The Hall–Kier alpha value is -3.94. The smallest absolute Gasteiger partial charge is 0.261 e. The van der Waals surface area contributed by atoms with Gasteiger partial charge in [-0.1, -0.05) is 18.2 Å². The normalized spacial score (nSPS) is 14.2. The van der Waals surface area contributed by atoms with E-state index in [1.807, 2.05) is 0 Å². The van der Waals surface area contributed by atoms with Gasteiger partial charge in [0.25, 0.3) is 11.8 Å². The SMILES string of the molecule is Cc1cc(CC(=O)N/C(N)=C/C=C(\N)c2ccc(F)cc2)c2c(c1)C(=O)N(C)C2=O.[HH]. The molecule has 0 saturated heterocycles. The molecule has 0 atom stereocenters. The van der Waals surface area contributed by atoms with Crippen LogP contribution in [0.5, 0.6) is 0 Å². The maximum atomic E-state index is 13.0. The second kappa shape index (κ2) is 8.20. The molecule has 1 heterocycles. The van der Waals surface area contributed by atoms with Crippen molar-refractivity contribution in [3.63, 3.8) is 0 Å². The first kappa shape index (κ1) is 20.8. The highest BCUT2D eigenvalue weighted by Crippen LogP contribution is 2.27. The summed E-state index contributed by atoms with van der Waals surface area (Å²) in [6.45, 7) is 1.79. The molecule has 0 spiro atoms. The molecule has 0 unspecified atom stereocenters. The molecule has 1 aliphatic rings. The van der Waals surface area contributed by atoms with Crippen molar-refractivity contribution in [2.75, 3.05) is 7.05 Å². The number of carbonyl (C=O) groups is 3. The van der Waals surface area contributed by atoms with Crippen LogP contribution in [-0.4, -0.2) is 29.7 Å². The summed E-state index contributed by atoms with van der Waals surface area (Å²) in [5.74, 6) is -1.59. The van der Waals surface area contributed by atoms with Gasteiger partial charge in [0.05, 0.1) is 17.5 Å². The lowest BCUT2D eigenvalue weighted by Gasteiger charge is -2.09. The van der Waals surface area contributed by atoms with Gasteiger partial charge in [-0.15, -0.1) is 0 Å². The highest BCUT2D eigenvalue weighted by Gasteiger charge is 2.35. The Balaban J connectivity index is 0.00000341. The molecule has 1 aliphatic heterocycles.